The van der Waals surface area contributed by atoms with Gasteiger partial charge in [0, 0.05) is 49.2 Å². The molecular weight excluding hydrogens is 526 g/mol. The highest BCUT2D eigenvalue weighted by atomic mass is 35.5. The summed E-state index contributed by atoms with van der Waals surface area (Å²) in [6, 6.07) is 7.26. The van der Waals surface area contributed by atoms with Crippen molar-refractivity contribution in [1.29, 1.82) is 0 Å². The second-order valence-corrected chi connectivity index (χ2v) is 9.24. The first kappa shape index (κ1) is 29.2. The van der Waals surface area contributed by atoms with Crippen LogP contribution in [0.5, 0.6) is 11.5 Å². The number of aromatic nitrogens is 3. The van der Waals surface area contributed by atoms with Crippen LogP contribution in [0, 0.1) is 0 Å². The highest BCUT2D eigenvalue weighted by molar-refractivity contribution is 7.59. The molecule has 1 saturated heterocycles. The first-order valence-electron chi connectivity index (χ1n) is 12.2. The molecule has 3 aromatic rings. The second-order valence-electron chi connectivity index (χ2n) is 8.86. The van der Waals surface area contributed by atoms with Gasteiger partial charge >= 0.3 is 0 Å². The summed E-state index contributed by atoms with van der Waals surface area (Å²) in [6.45, 7) is 5.06. The molecule has 1 amide bonds. The molecule has 0 spiro atoms. The van der Waals surface area contributed by atoms with Crippen LogP contribution in [0.2, 0.25) is 5.02 Å². The molecule has 9 nitrogen and oxygen atoms in total. The van der Waals surface area contributed by atoms with E-state index in [2.05, 4.69) is 20.3 Å². The Morgan fingerprint density at radius 1 is 1.16 bits per heavy atom. The van der Waals surface area contributed by atoms with Crippen LogP contribution in [0.3, 0.4) is 0 Å². The molecule has 1 atom stereocenters. The number of carbonyl (C=O) groups excluding carboxylic acids is 2. The van der Waals surface area contributed by atoms with Crippen LogP contribution in [-0.4, -0.2) is 51.7 Å². The quantitative estimate of drug-likeness (QED) is 0.354. The van der Waals surface area contributed by atoms with E-state index in [9.17, 15) is 9.59 Å². The summed E-state index contributed by atoms with van der Waals surface area (Å²) >= 11 is 6.41. The molecule has 2 aromatic heterocycles. The van der Waals surface area contributed by atoms with E-state index < -0.39 is 0 Å². The van der Waals surface area contributed by atoms with Gasteiger partial charge in [-0.05, 0) is 37.1 Å². The van der Waals surface area contributed by atoms with Gasteiger partial charge in [-0.25, -0.2) is 9.97 Å². The molecule has 4 rings (SSSR count). The lowest BCUT2D eigenvalue weighted by atomic mass is 9.94. The Kier molecular flexibility index (Phi) is 10.3. The van der Waals surface area contributed by atoms with Crippen molar-refractivity contribution in [3.63, 3.8) is 0 Å². The number of hydrogen-bond acceptors (Lipinski definition) is 8. The van der Waals surface area contributed by atoms with Gasteiger partial charge in [0.25, 0.3) is 0 Å². The van der Waals surface area contributed by atoms with Crippen LogP contribution < -0.4 is 14.8 Å². The largest absolute Gasteiger partial charge is 0.495 e. The molecule has 38 heavy (non-hydrogen) atoms. The van der Waals surface area contributed by atoms with Gasteiger partial charge < -0.3 is 19.7 Å². The number of amides is 1. The van der Waals surface area contributed by atoms with E-state index in [0.717, 1.165) is 30.8 Å². The minimum atomic E-state index is -0.00530. The van der Waals surface area contributed by atoms with Gasteiger partial charge in [-0.3, -0.25) is 14.6 Å². The number of pyridine rings is 1. The fraction of sp³-hybridized carbons (Fsp3) is 0.370. The summed E-state index contributed by atoms with van der Waals surface area (Å²) in [6.07, 6.45) is 7.24. The maximum Gasteiger partial charge on any atom is 0.227 e. The van der Waals surface area contributed by atoms with E-state index >= 15 is 0 Å². The molecule has 0 radical (unpaired) electrons. The molecule has 1 fully saturated rings. The molecule has 1 aliphatic rings. The van der Waals surface area contributed by atoms with Crippen LogP contribution in [-0.2, 0) is 11.4 Å². The van der Waals surface area contributed by atoms with E-state index in [4.69, 9.17) is 21.1 Å². The zero-order valence-electron chi connectivity index (χ0n) is 21.7. The summed E-state index contributed by atoms with van der Waals surface area (Å²) in [5.41, 5.74) is 2.89. The van der Waals surface area contributed by atoms with Crippen molar-refractivity contribution >= 4 is 48.4 Å². The minimum absolute atomic E-state index is 0. The molecule has 0 saturated carbocycles. The van der Waals surface area contributed by atoms with Crippen LogP contribution in [0.15, 0.2) is 42.9 Å². The van der Waals surface area contributed by atoms with Crippen molar-refractivity contribution in [1.82, 2.24) is 19.9 Å². The number of carbonyl (C=O) groups is 2. The smallest absolute Gasteiger partial charge is 0.227 e. The van der Waals surface area contributed by atoms with Crippen LogP contribution in [0.25, 0.3) is 0 Å². The van der Waals surface area contributed by atoms with Gasteiger partial charge in [0.1, 0.15) is 12.4 Å². The number of hydrogen-bond donors (Lipinski definition) is 1. The Morgan fingerprint density at radius 2 is 1.92 bits per heavy atom. The third-order valence-corrected chi connectivity index (χ3v) is 6.76. The Hall–Kier alpha value is -3.37. The lowest BCUT2D eigenvalue weighted by Gasteiger charge is -2.31. The third-order valence-electron chi connectivity index (χ3n) is 6.33. The number of ketones is 1. The fourth-order valence-corrected chi connectivity index (χ4v) is 4.49. The highest BCUT2D eigenvalue weighted by Crippen LogP contribution is 2.31. The average molecular weight is 558 g/mol. The molecule has 1 N–H and O–H groups in total. The summed E-state index contributed by atoms with van der Waals surface area (Å²) < 4.78 is 11.1. The van der Waals surface area contributed by atoms with E-state index in [-0.39, 0.29) is 37.7 Å². The number of Topliss-reactive ketones (excluding diaryl/α,β-unsaturated/α-hetero) is 1. The second kappa shape index (κ2) is 13.4. The number of benzene rings is 1. The fourth-order valence-electron chi connectivity index (χ4n) is 4.25. The van der Waals surface area contributed by atoms with Crippen molar-refractivity contribution in [3.8, 4) is 11.5 Å². The number of piperidine rings is 1. The van der Waals surface area contributed by atoms with Crippen LogP contribution >= 0.6 is 25.1 Å². The van der Waals surface area contributed by atoms with Crippen molar-refractivity contribution < 1.29 is 19.1 Å². The topological polar surface area (TPSA) is 107 Å². The van der Waals surface area contributed by atoms with Crippen molar-refractivity contribution in [2.75, 3.05) is 25.5 Å². The van der Waals surface area contributed by atoms with Crippen LogP contribution in [0.4, 0.5) is 11.6 Å². The van der Waals surface area contributed by atoms with Gasteiger partial charge in [0.2, 0.25) is 11.9 Å². The lowest BCUT2D eigenvalue weighted by molar-refractivity contribution is -0.130. The Bertz CT molecular complexity index is 1260. The Balaban J connectivity index is 0.00000400. The number of ether oxygens (including phenoxy) is 2. The monoisotopic (exact) mass is 557 g/mol. The molecule has 1 aromatic carbocycles. The van der Waals surface area contributed by atoms with E-state index in [1.54, 1.807) is 44.6 Å². The summed E-state index contributed by atoms with van der Waals surface area (Å²) in [7, 11) is 1.51. The van der Waals surface area contributed by atoms with Gasteiger partial charge in [-0.1, -0.05) is 18.5 Å². The molecular formula is C27H32ClN5O4S. The van der Waals surface area contributed by atoms with Crippen molar-refractivity contribution in [2.45, 2.75) is 45.6 Å². The van der Waals surface area contributed by atoms with Crippen molar-refractivity contribution in [3.05, 3.63) is 64.7 Å². The van der Waals surface area contributed by atoms with Gasteiger partial charge in [0.05, 0.1) is 36.4 Å². The molecule has 0 unspecified atom stereocenters. The van der Waals surface area contributed by atoms with E-state index in [1.165, 1.54) is 7.11 Å². The zero-order valence-corrected chi connectivity index (χ0v) is 23.4. The van der Waals surface area contributed by atoms with Gasteiger partial charge in [-0.15, -0.1) is 0 Å². The summed E-state index contributed by atoms with van der Waals surface area (Å²) in [5, 5.41) is 3.53. The molecule has 11 heteroatoms. The number of nitrogens with zero attached hydrogens (tertiary/aromatic N) is 4. The molecule has 1 aliphatic heterocycles. The average Bonchev–Trinajstić information content (AvgIpc) is 2.93. The predicted molar refractivity (Wildman–Crippen MR) is 151 cm³/mol. The number of methoxy groups -OCH3 is 1. The molecule has 3 heterocycles. The van der Waals surface area contributed by atoms with Crippen molar-refractivity contribution in [2.24, 2.45) is 0 Å². The van der Waals surface area contributed by atoms with Gasteiger partial charge in [-0.2, -0.15) is 13.5 Å². The molecule has 202 valence electrons. The first-order valence-corrected chi connectivity index (χ1v) is 12.6. The van der Waals surface area contributed by atoms with E-state index in [1.807, 2.05) is 17.0 Å². The summed E-state index contributed by atoms with van der Waals surface area (Å²) in [4.78, 5) is 39.0. The number of likely N-dealkylation sites (tertiary alicyclic amines) is 1. The Morgan fingerprint density at radius 3 is 2.55 bits per heavy atom. The summed E-state index contributed by atoms with van der Waals surface area (Å²) in [5.74, 6) is 1.62. The predicted octanol–water partition coefficient (Wildman–Crippen LogP) is 5.29. The number of nitrogens with one attached hydrogen (secondary N) is 1. The molecule has 0 aliphatic carbocycles. The first-order chi connectivity index (χ1) is 17.9. The number of rotatable bonds is 9. The molecule has 0 bridgehead atoms. The maximum absolute atomic E-state index is 12.2. The zero-order chi connectivity index (χ0) is 26.4. The number of halogens is 1. The lowest BCUT2D eigenvalue weighted by Crippen LogP contribution is -2.37. The SMILES string of the molecule is CCC(=O)c1cc(COc2cnc(Nc3ccc([C@H]4CCCN(C(C)=O)C4)nc3)nc2)c(Cl)c(OC)c1.S. The third kappa shape index (κ3) is 7.14. The minimum Gasteiger partial charge on any atom is -0.495 e. The van der Waals surface area contributed by atoms with E-state index in [0.29, 0.717) is 46.6 Å². The van der Waals surface area contributed by atoms with Crippen LogP contribution in [0.1, 0.15) is 60.6 Å². The maximum atomic E-state index is 12.2. The standard InChI is InChI=1S/C27H30ClN5O4.H2S/c1-4-24(35)19-10-20(26(28)25(11-19)36-3)16-37-22-13-30-27(31-14-22)32-21-7-8-23(29-12-21)18-6-5-9-33(15-18)17(2)34;/h7-8,10-14,18H,4-6,9,15-16H2,1-3H3,(H,30,31,32);1H2/t18-;/m0./s1. The number of anilines is 2. The Labute approximate surface area is 234 Å². The normalized spacial score (nSPS) is 14.8. The highest BCUT2D eigenvalue weighted by Gasteiger charge is 2.23. The van der Waals surface area contributed by atoms with Gasteiger partial charge in [0.15, 0.2) is 11.5 Å².